The molecule has 11 nitrogen and oxygen atoms in total. The van der Waals surface area contributed by atoms with Crippen molar-refractivity contribution in [2.24, 2.45) is 4.99 Å². The number of fused-ring (bicyclic) bond motifs is 4. The molecular weight excluding hydrogens is 516 g/mol. The number of aliphatic imine (C=N–C) groups is 1. The maximum Gasteiger partial charge on any atom is 0.256 e. The Bertz CT molecular complexity index is 1350. The van der Waals surface area contributed by atoms with Gasteiger partial charge in [-0.25, -0.2) is 0 Å². The second-order valence-corrected chi connectivity index (χ2v) is 10.5. The molecule has 2 amide bonds. The van der Waals surface area contributed by atoms with E-state index in [4.69, 9.17) is 18.9 Å². The van der Waals surface area contributed by atoms with Crippen LogP contribution in [0.15, 0.2) is 29.3 Å². The molecule has 0 aromatic heterocycles. The fourth-order valence-corrected chi connectivity index (χ4v) is 5.91. The van der Waals surface area contributed by atoms with Crippen LogP contribution < -0.4 is 24.3 Å². The molecule has 0 bridgehead atoms. The minimum absolute atomic E-state index is 0.0273. The molecule has 212 valence electrons. The first-order chi connectivity index (χ1) is 19.5. The summed E-state index contributed by atoms with van der Waals surface area (Å²) in [5, 5.41) is 13.4. The highest BCUT2D eigenvalue weighted by Crippen LogP contribution is 2.39. The lowest BCUT2D eigenvalue weighted by Crippen LogP contribution is -2.36. The Morgan fingerprint density at radius 1 is 0.950 bits per heavy atom. The van der Waals surface area contributed by atoms with Gasteiger partial charge in [0, 0.05) is 56.9 Å². The van der Waals surface area contributed by atoms with Gasteiger partial charge in [0.25, 0.3) is 11.8 Å². The average Bonchev–Trinajstić information content (AvgIpc) is 3.54. The second-order valence-electron chi connectivity index (χ2n) is 10.5. The van der Waals surface area contributed by atoms with E-state index in [2.05, 4.69) is 10.3 Å². The number of rotatable bonds is 8. The minimum atomic E-state index is -0.545. The van der Waals surface area contributed by atoms with Crippen molar-refractivity contribution in [2.75, 3.05) is 52.4 Å². The molecule has 2 N–H and O–H groups in total. The van der Waals surface area contributed by atoms with Crippen LogP contribution in [0.5, 0.6) is 23.0 Å². The number of anilines is 1. The van der Waals surface area contributed by atoms with Crippen molar-refractivity contribution < 1.29 is 33.6 Å². The summed E-state index contributed by atoms with van der Waals surface area (Å²) in [6, 6.07) is 6.94. The number of benzene rings is 2. The molecule has 2 fully saturated rings. The van der Waals surface area contributed by atoms with Gasteiger partial charge in [0.15, 0.2) is 23.0 Å². The number of nitrogens with zero attached hydrogens (tertiary/aromatic N) is 3. The van der Waals surface area contributed by atoms with Crippen molar-refractivity contribution >= 4 is 29.4 Å². The summed E-state index contributed by atoms with van der Waals surface area (Å²) in [4.78, 5) is 34.3. The molecule has 0 spiro atoms. The summed E-state index contributed by atoms with van der Waals surface area (Å²) in [5.41, 5.74) is 2.29. The number of amides is 2. The smallest absolute Gasteiger partial charge is 0.256 e. The molecule has 1 unspecified atom stereocenters. The molecule has 0 saturated carbocycles. The third-order valence-electron chi connectivity index (χ3n) is 7.98. The quantitative estimate of drug-likeness (QED) is 0.482. The van der Waals surface area contributed by atoms with Gasteiger partial charge in [-0.3, -0.25) is 14.6 Å². The Labute approximate surface area is 232 Å². The van der Waals surface area contributed by atoms with E-state index in [0.29, 0.717) is 65.9 Å². The number of hydrogen-bond acceptors (Lipinski definition) is 9. The summed E-state index contributed by atoms with van der Waals surface area (Å²) in [6.45, 7) is 2.49. The van der Waals surface area contributed by atoms with Crippen LogP contribution in [-0.2, 0) is 0 Å². The van der Waals surface area contributed by atoms with Crippen LogP contribution in [0.4, 0.5) is 11.4 Å². The lowest BCUT2D eigenvalue weighted by molar-refractivity contribution is 0.0743. The number of nitrogens with one attached hydrogen (secondary N) is 1. The first-order valence-electron chi connectivity index (χ1n) is 13.7. The Morgan fingerprint density at radius 3 is 2.40 bits per heavy atom. The van der Waals surface area contributed by atoms with Gasteiger partial charge in [0.1, 0.15) is 0 Å². The van der Waals surface area contributed by atoms with Gasteiger partial charge in [-0.1, -0.05) is 0 Å². The van der Waals surface area contributed by atoms with Crippen molar-refractivity contribution in [3.63, 3.8) is 0 Å². The molecule has 0 aliphatic carbocycles. The monoisotopic (exact) mass is 550 g/mol. The van der Waals surface area contributed by atoms with Gasteiger partial charge >= 0.3 is 0 Å². The highest BCUT2D eigenvalue weighted by atomic mass is 16.5. The van der Waals surface area contributed by atoms with Crippen LogP contribution in [0, 0.1) is 0 Å². The van der Waals surface area contributed by atoms with Crippen LogP contribution in [0.1, 0.15) is 46.4 Å². The van der Waals surface area contributed by atoms with Crippen LogP contribution in [0.25, 0.3) is 0 Å². The van der Waals surface area contributed by atoms with Gasteiger partial charge in [-0.15, -0.1) is 0 Å². The number of carbonyl (C=O) groups excluding carboxylic acids is 2. The Kier molecular flexibility index (Phi) is 7.14. The van der Waals surface area contributed by atoms with Gasteiger partial charge in [0.2, 0.25) is 0 Å². The third-order valence-corrected chi connectivity index (χ3v) is 7.98. The topological polar surface area (TPSA) is 122 Å². The lowest BCUT2D eigenvalue weighted by Gasteiger charge is -2.21. The molecule has 2 saturated heterocycles. The molecular formula is C29H34N4O7. The van der Waals surface area contributed by atoms with Crippen molar-refractivity contribution in [2.45, 2.75) is 43.9 Å². The number of methoxy groups -OCH3 is 2. The molecule has 4 aliphatic rings. The summed E-state index contributed by atoms with van der Waals surface area (Å²) in [6.07, 6.45) is 4.25. The molecule has 2 aromatic carbocycles. The molecule has 3 atom stereocenters. The maximum atomic E-state index is 13.1. The molecule has 4 heterocycles. The fourth-order valence-electron chi connectivity index (χ4n) is 5.91. The van der Waals surface area contributed by atoms with E-state index in [9.17, 15) is 14.7 Å². The van der Waals surface area contributed by atoms with E-state index in [1.165, 1.54) is 7.11 Å². The van der Waals surface area contributed by atoms with Gasteiger partial charge in [0.05, 0.1) is 62.1 Å². The van der Waals surface area contributed by atoms with E-state index in [-0.39, 0.29) is 30.4 Å². The SMILES string of the molecule is COc1cc2c(cc1OCCCOc1cc3c(cc1OC)C(=O)N1CCC[C@H]1CN3)N=C[C@@H]1CC(O)CN1C2=O. The van der Waals surface area contributed by atoms with E-state index < -0.39 is 6.10 Å². The zero-order valence-corrected chi connectivity index (χ0v) is 22.7. The van der Waals surface area contributed by atoms with E-state index in [1.54, 1.807) is 36.4 Å². The average molecular weight is 551 g/mol. The molecule has 2 aromatic rings. The molecule has 6 rings (SSSR count). The van der Waals surface area contributed by atoms with E-state index >= 15 is 0 Å². The zero-order valence-electron chi connectivity index (χ0n) is 22.7. The molecule has 4 aliphatic heterocycles. The minimum Gasteiger partial charge on any atom is -0.493 e. The van der Waals surface area contributed by atoms with Crippen molar-refractivity contribution in [1.82, 2.24) is 9.80 Å². The first kappa shape index (κ1) is 26.2. The first-order valence-corrected chi connectivity index (χ1v) is 13.7. The number of aliphatic hydroxyl groups is 1. The van der Waals surface area contributed by atoms with E-state index in [0.717, 1.165) is 31.6 Å². The summed E-state index contributed by atoms with van der Waals surface area (Å²) < 4.78 is 23.1. The third kappa shape index (κ3) is 4.78. The maximum absolute atomic E-state index is 13.1. The highest BCUT2D eigenvalue weighted by Gasteiger charge is 2.37. The number of ether oxygens (including phenoxy) is 4. The predicted octanol–water partition coefficient (Wildman–Crippen LogP) is 2.87. The summed E-state index contributed by atoms with van der Waals surface area (Å²) in [7, 11) is 3.09. The molecule has 0 radical (unpaired) electrons. The van der Waals surface area contributed by atoms with Crippen LogP contribution in [0.3, 0.4) is 0 Å². The Balaban J connectivity index is 1.10. The lowest BCUT2D eigenvalue weighted by atomic mass is 10.1. The van der Waals surface area contributed by atoms with Crippen molar-refractivity contribution in [1.29, 1.82) is 0 Å². The highest BCUT2D eigenvalue weighted by molar-refractivity contribution is 6.03. The number of hydrogen-bond donors (Lipinski definition) is 2. The second kappa shape index (κ2) is 10.9. The predicted molar refractivity (Wildman–Crippen MR) is 148 cm³/mol. The molecule has 11 heteroatoms. The van der Waals surface area contributed by atoms with Crippen LogP contribution >= 0.6 is 0 Å². The summed E-state index contributed by atoms with van der Waals surface area (Å²) >= 11 is 0. The van der Waals surface area contributed by atoms with E-state index in [1.807, 2.05) is 11.0 Å². The Morgan fingerprint density at radius 2 is 1.65 bits per heavy atom. The van der Waals surface area contributed by atoms with Crippen molar-refractivity contribution in [3.05, 3.63) is 35.4 Å². The standard InChI is InChI=1S/C29H34N4O7/c1-37-24-10-20-22(30-14-17-5-3-6-32(17)28(20)35)12-26(24)39-7-4-8-40-27-13-23-21(11-25(27)38-2)29(36)33-16-19(34)9-18(33)15-31-23/h10-13,15,17-19,30,34H,3-9,14,16H2,1-2H3/t17-,18-,19?/m0/s1. The number of carbonyl (C=O) groups is 2. The van der Waals surface area contributed by atoms with Gasteiger partial charge in [-0.05, 0) is 25.0 Å². The largest absolute Gasteiger partial charge is 0.493 e. The van der Waals surface area contributed by atoms with Crippen LogP contribution in [0.2, 0.25) is 0 Å². The summed E-state index contributed by atoms with van der Waals surface area (Å²) in [5.74, 6) is 1.84. The Hall–Kier alpha value is -3.99. The van der Waals surface area contributed by atoms with Gasteiger partial charge in [-0.2, -0.15) is 0 Å². The van der Waals surface area contributed by atoms with Crippen LogP contribution in [-0.4, -0.2) is 98.2 Å². The van der Waals surface area contributed by atoms with Gasteiger partial charge < -0.3 is 39.2 Å². The fraction of sp³-hybridized carbons (Fsp3) is 0.483. The number of aliphatic hydroxyl groups excluding tert-OH is 1. The zero-order chi connectivity index (χ0) is 27.8. The molecule has 40 heavy (non-hydrogen) atoms. The van der Waals surface area contributed by atoms with Crippen molar-refractivity contribution in [3.8, 4) is 23.0 Å². The normalized spacial score (nSPS) is 22.9.